The molecule has 0 aliphatic heterocycles. The third-order valence-electron chi connectivity index (χ3n) is 2.14. The van der Waals surface area contributed by atoms with Gasteiger partial charge in [0.15, 0.2) is 11.0 Å². The summed E-state index contributed by atoms with van der Waals surface area (Å²) in [7, 11) is 0. The Morgan fingerprint density at radius 1 is 1.28 bits per heavy atom. The molecule has 1 heterocycles. The van der Waals surface area contributed by atoms with E-state index in [1.54, 1.807) is 13.0 Å². The van der Waals surface area contributed by atoms with Crippen LogP contribution in [0.4, 0.5) is 15.9 Å². The number of nitrogens with one attached hydrogen (secondary N) is 1. The molecule has 0 unspecified atom stereocenters. The second-order valence-corrected chi connectivity index (χ2v) is 4.98. The van der Waals surface area contributed by atoms with Crippen LogP contribution in [0.15, 0.2) is 16.6 Å². The number of aromatic nitrogens is 3. The SMILES string of the molecule is Cc1cc(F)c(Br)cc1Nc1nc(Cl)nnc1Cl. The van der Waals surface area contributed by atoms with Crippen molar-refractivity contribution in [1.29, 1.82) is 0 Å². The molecule has 0 radical (unpaired) electrons. The van der Waals surface area contributed by atoms with Crippen molar-refractivity contribution in [2.75, 3.05) is 5.32 Å². The molecule has 0 amide bonds. The topological polar surface area (TPSA) is 50.7 Å². The van der Waals surface area contributed by atoms with E-state index in [2.05, 4.69) is 36.4 Å². The summed E-state index contributed by atoms with van der Waals surface area (Å²) in [6.45, 7) is 1.75. The first-order chi connectivity index (χ1) is 8.47. The van der Waals surface area contributed by atoms with Gasteiger partial charge in [-0.25, -0.2) is 4.39 Å². The summed E-state index contributed by atoms with van der Waals surface area (Å²) in [5.41, 5.74) is 1.34. The number of aryl methyl sites for hydroxylation is 1. The van der Waals surface area contributed by atoms with Crippen LogP contribution in [-0.4, -0.2) is 15.2 Å². The van der Waals surface area contributed by atoms with Crippen molar-refractivity contribution in [2.24, 2.45) is 0 Å². The predicted octanol–water partition coefficient (Wildman–Crippen LogP) is 4.13. The van der Waals surface area contributed by atoms with Crippen molar-refractivity contribution >= 4 is 50.6 Å². The van der Waals surface area contributed by atoms with Gasteiger partial charge >= 0.3 is 0 Å². The first-order valence-electron chi connectivity index (χ1n) is 4.76. The molecule has 0 bridgehead atoms. The van der Waals surface area contributed by atoms with Crippen molar-refractivity contribution in [3.63, 3.8) is 0 Å². The fourth-order valence-corrected chi connectivity index (χ4v) is 1.87. The summed E-state index contributed by atoms with van der Waals surface area (Å²) in [6.07, 6.45) is 0. The largest absolute Gasteiger partial charge is 0.337 e. The predicted molar refractivity (Wildman–Crippen MR) is 72.0 cm³/mol. The molecular formula is C10H6BrCl2FN4. The Labute approximate surface area is 121 Å². The van der Waals surface area contributed by atoms with Gasteiger partial charge in [0.25, 0.3) is 0 Å². The van der Waals surface area contributed by atoms with Crippen molar-refractivity contribution in [1.82, 2.24) is 15.2 Å². The van der Waals surface area contributed by atoms with Crippen LogP contribution in [0.1, 0.15) is 5.56 Å². The van der Waals surface area contributed by atoms with Crippen molar-refractivity contribution in [3.8, 4) is 0 Å². The monoisotopic (exact) mass is 350 g/mol. The van der Waals surface area contributed by atoms with E-state index < -0.39 is 0 Å². The molecule has 0 fully saturated rings. The molecule has 0 spiro atoms. The first-order valence-corrected chi connectivity index (χ1v) is 6.30. The molecule has 1 aromatic carbocycles. The maximum absolute atomic E-state index is 13.3. The van der Waals surface area contributed by atoms with Crippen LogP contribution < -0.4 is 5.32 Å². The molecule has 0 aliphatic rings. The highest BCUT2D eigenvalue weighted by Crippen LogP contribution is 2.28. The molecule has 1 N–H and O–H groups in total. The second-order valence-electron chi connectivity index (χ2n) is 3.43. The van der Waals surface area contributed by atoms with Crippen LogP contribution in [0.5, 0.6) is 0 Å². The van der Waals surface area contributed by atoms with Crippen molar-refractivity contribution < 1.29 is 4.39 Å². The average Bonchev–Trinajstić information content (AvgIpc) is 2.30. The zero-order valence-corrected chi connectivity index (χ0v) is 12.1. The maximum atomic E-state index is 13.3. The van der Waals surface area contributed by atoms with E-state index in [1.807, 2.05) is 0 Å². The highest BCUT2D eigenvalue weighted by Gasteiger charge is 2.10. The second kappa shape index (κ2) is 5.34. The molecule has 2 aromatic rings. The van der Waals surface area contributed by atoms with Gasteiger partial charge in [-0.1, -0.05) is 11.6 Å². The summed E-state index contributed by atoms with van der Waals surface area (Å²) in [5, 5.41) is 10.1. The summed E-state index contributed by atoms with van der Waals surface area (Å²) in [5.74, 6) is -0.0822. The van der Waals surface area contributed by atoms with E-state index in [9.17, 15) is 4.39 Å². The molecular weight excluding hydrogens is 346 g/mol. The van der Waals surface area contributed by atoms with E-state index in [1.165, 1.54) is 6.07 Å². The van der Waals surface area contributed by atoms with E-state index in [4.69, 9.17) is 23.2 Å². The smallest absolute Gasteiger partial charge is 0.245 e. The van der Waals surface area contributed by atoms with Gasteiger partial charge in [-0.3, -0.25) is 0 Å². The maximum Gasteiger partial charge on any atom is 0.245 e. The minimum absolute atomic E-state index is 0.0271. The number of benzene rings is 1. The lowest BCUT2D eigenvalue weighted by Crippen LogP contribution is -2.00. The quantitative estimate of drug-likeness (QED) is 0.883. The Morgan fingerprint density at radius 3 is 2.72 bits per heavy atom. The molecule has 18 heavy (non-hydrogen) atoms. The number of anilines is 2. The van der Waals surface area contributed by atoms with Gasteiger partial charge in [0.1, 0.15) is 5.82 Å². The van der Waals surface area contributed by atoms with E-state index in [-0.39, 0.29) is 22.1 Å². The van der Waals surface area contributed by atoms with Gasteiger partial charge < -0.3 is 5.32 Å². The molecule has 0 saturated carbocycles. The lowest BCUT2D eigenvalue weighted by atomic mass is 10.2. The third-order valence-corrected chi connectivity index (χ3v) is 3.16. The van der Waals surface area contributed by atoms with Gasteiger partial charge in [0, 0.05) is 5.69 Å². The zero-order valence-electron chi connectivity index (χ0n) is 9.01. The molecule has 8 heteroatoms. The van der Waals surface area contributed by atoms with Crippen LogP contribution >= 0.6 is 39.1 Å². The molecule has 1 aromatic heterocycles. The highest BCUT2D eigenvalue weighted by atomic mass is 79.9. The molecule has 2 rings (SSSR count). The Morgan fingerprint density at radius 2 is 2.00 bits per heavy atom. The van der Waals surface area contributed by atoms with Gasteiger partial charge in [0.2, 0.25) is 5.28 Å². The molecule has 0 aliphatic carbocycles. The van der Waals surface area contributed by atoms with Crippen LogP contribution in [0.2, 0.25) is 10.4 Å². The summed E-state index contributed by atoms with van der Waals surface area (Å²) in [4.78, 5) is 3.90. The first kappa shape index (κ1) is 13.5. The van der Waals surface area contributed by atoms with Gasteiger partial charge in [-0.05, 0) is 52.2 Å². The van der Waals surface area contributed by atoms with E-state index >= 15 is 0 Å². The average molecular weight is 352 g/mol. The fraction of sp³-hybridized carbons (Fsp3) is 0.100. The van der Waals surface area contributed by atoms with Crippen LogP contribution in [0, 0.1) is 12.7 Å². The lowest BCUT2D eigenvalue weighted by molar-refractivity contribution is 0.620. The zero-order chi connectivity index (χ0) is 13.3. The van der Waals surface area contributed by atoms with Crippen LogP contribution in [-0.2, 0) is 0 Å². The van der Waals surface area contributed by atoms with Crippen molar-refractivity contribution in [3.05, 3.63) is 38.4 Å². The Bertz CT molecular complexity index is 609. The Hall–Kier alpha value is -0.980. The van der Waals surface area contributed by atoms with Crippen LogP contribution in [0.25, 0.3) is 0 Å². The molecule has 94 valence electrons. The van der Waals surface area contributed by atoms with Crippen molar-refractivity contribution in [2.45, 2.75) is 6.92 Å². The number of hydrogen-bond acceptors (Lipinski definition) is 4. The highest BCUT2D eigenvalue weighted by molar-refractivity contribution is 9.10. The summed E-state index contributed by atoms with van der Waals surface area (Å²) >= 11 is 14.6. The normalized spacial score (nSPS) is 10.5. The van der Waals surface area contributed by atoms with Gasteiger partial charge in [-0.15, -0.1) is 10.2 Å². The number of hydrogen-bond donors (Lipinski definition) is 1. The van der Waals surface area contributed by atoms with E-state index in [0.29, 0.717) is 15.7 Å². The Balaban J connectivity index is 2.40. The third kappa shape index (κ3) is 2.88. The number of rotatable bonds is 2. The fourth-order valence-electron chi connectivity index (χ4n) is 1.28. The number of nitrogens with zero attached hydrogens (tertiary/aromatic N) is 3. The van der Waals surface area contributed by atoms with E-state index in [0.717, 1.165) is 0 Å². The van der Waals surface area contributed by atoms with Crippen LogP contribution in [0.3, 0.4) is 0 Å². The Kier molecular flexibility index (Phi) is 3.99. The minimum atomic E-state index is -0.344. The minimum Gasteiger partial charge on any atom is -0.337 e. The summed E-state index contributed by atoms with van der Waals surface area (Å²) in [6, 6.07) is 2.97. The lowest BCUT2D eigenvalue weighted by Gasteiger charge is -2.10. The van der Waals surface area contributed by atoms with Gasteiger partial charge in [-0.2, -0.15) is 4.98 Å². The molecule has 0 atom stereocenters. The van der Waals surface area contributed by atoms with Gasteiger partial charge in [0.05, 0.1) is 4.47 Å². The molecule has 4 nitrogen and oxygen atoms in total. The number of halogens is 4. The summed E-state index contributed by atoms with van der Waals surface area (Å²) < 4.78 is 13.6. The molecule has 0 saturated heterocycles. The standard InChI is InChI=1S/C10H6BrCl2FN4/c1-4-2-6(14)5(11)3-7(4)15-9-8(12)17-18-10(13)16-9/h2-3H,1H3,(H,15,16,18).